The molecule has 1 aromatic rings. The molecule has 2 amide bonds. The molecule has 0 radical (unpaired) electrons. The number of rotatable bonds is 3. The van der Waals surface area contributed by atoms with Crippen LogP contribution in [-0.2, 0) is 16.1 Å². The lowest BCUT2D eigenvalue weighted by atomic mass is 10.6. The van der Waals surface area contributed by atoms with Gasteiger partial charge in [-0.2, -0.15) is 0 Å². The van der Waals surface area contributed by atoms with Crippen LogP contribution in [0.3, 0.4) is 0 Å². The number of amides is 2. The predicted octanol–water partition coefficient (Wildman–Crippen LogP) is -1.51. The van der Waals surface area contributed by atoms with Gasteiger partial charge in [-0.1, -0.05) is 0 Å². The van der Waals surface area contributed by atoms with Crippen molar-refractivity contribution in [3.63, 3.8) is 0 Å². The fourth-order valence-corrected chi connectivity index (χ4v) is 1.14. The Morgan fingerprint density at radius 2 is 2.07 bits per heavy atom. The Morgan fingerprint density at radius 3 is 2.67 bits per heavy atom. The van der Waals surface area contributed by atoms with Gasteiger partial charge in [0.2, 0.25) is 5.96 Å². The van der Waals surface area contributed by atoms with Crippen LogP contribution < -0.4 is 10.6 Å². The second-order valence-corrected chi connectivity index (χ2v) is 2.94. The lowest BCUT2D eigenvalue weighted by Gasteiger charge is -1.98. The number of nitrogens with one attached hydrogen (secondary N) is 2. The molecule has 0 unspecified atom stereocenters. The van der Waals surface area contributed by atoms with Crippen LogP contribution in [0.25, 0.3) is 0 Å². The molecule has 1 aromatic heterocycles. The molecule has 78 valence electrons. The molecule has 1 aliphatic rings. The summed E-state index contributed by atoms with van der Waals surface area (Å²) in [6, 6.07) is 0. The zero-order valence-corrected chi connectivity index (χ0v) is 7.80. The smallest absolute Gasteiger partial charge is 0.316 e. The average Bonchev–Trinajstić information content (AvgIpc) is 2.79. The van der Waals surface area contributed by atoms with Crippen molar-refractivity contribution in [2.75, 3.05) is 6.54 Å². The predicted molar refractivity (Wildman–Crippen MR) is 50.8 cm³/mol. The van der Waals surface area contributed by atoms with E-state index in [2.05, 4.69) is 20.6 Å². The second-order valence-electron chi connectivity index (χ2n) is 2.94. The summed E-state index contributed by atoms with van der Waals surface area (Å²) in [6.45, 7) is 1.11. The average molecular weight is 207 g/mol. The first kappa shape index (κ1) is 9.38. The van der Waals surface area contributed by atoms with Crippen molar-refractivity contribution in [3.05, 3.63) is 18.7 Å². The van der Waals surface area contributed by atoms with Gasteiger partial charge in [0.15, 0.2) is 0 Å². The summed E-state index contributed by atoms with van der Waals surface area (Å²) in [7, 11) is 0. The van der Waals surface area contributed by atoms with E-state index in [9.17, 15) is 9.59 Å². The Morgan fingerprint density at radius 1 is 1.33 bits per heavy atom. The van der Waals surface area contributed by atoms with E-state index in [0.29, 0.717) is 13.1 Å². The summed E-state index contributed by atoms with van der Waals surface area (Å²) in [4.78, 5) is 29.4. The topological polar surface area (TPSA) is 88.4 Å². The molecule has 0 atom stereocenters. The molecule has 0 aliphatic carbocycles. The third-order valence-corrected chi connectivity index (χ3v) is 1.86. The summed E-state index contributed by atoms with van der Waals surface area (Å²) < 4.78 is 1.85. The molecule has 15 heavy (non-hydrogen) atoms. The number of aliphatic imine (C=N–C) groups is 1. The molecule has 0 aromatic carbocycles. The van der Waals surface area contributed by atoms with Crippen LogP contribution in [0.15, 0.2) is 23.7 Å². The molecule has 0 spiro atoms. The third-order valence-electron chi connectivity index (χ3n) is 1.86. The highest BCUT2D eigenvalue weighted by molar-refractivity contribution is 6.45. The Hall–Kier alpha value is -2.18. The van der Waals surface area contributed by atoms with Crippen molar-refractivity contribution in [2.24, 2.45) is 4.99 Å². The summed E-state index contributed by atoms with van der Waals surface area (Å²) in [6.07, 6.45) is 5.16. The number of hydrogen-bond acceptors (Lipinski definition) is 4. The zero-order chi connectivity index (χ0) is 10.7. The van der Waals surface area contributed by atoms with Crippen LogP contribution >= 0.6 is 0 Å². The summed E-state index contributed by atoms with van der Waals surface area (Å²) in [5.41, 5.74) is 0. The Balaban J connectivity index is 1.85. The van der Waals surface area contributed by atoms with Gasteiger partial charge in [0.1, 0.15) is 0 Å². The van der Waals surface area contributed by atoms with Crippen LogP contribution in [0.1, 0.15) is 0 Å². The van der Waals surface area contributed by atoms with Gasteiger partial charge in [-0.15, -0.1) is 0 Å². The van der Waals surface area contributed by atoms with Gasteiger partial charge in [-0.3, -0.25) is 25.2 Å². The molecular weight excluding hydrogens is 198 g/mol. The van der Waals surface area contributed by atoms with E-state index in [1.807, 2.05) is 10.8 Å². The minimum Gasteiger partial charge on any atom is -0.336 e. The number of carbonyl (C=O) groups is 2. The van der Waals surface area contributed by atoms with E-state index in [4.69, 9.17) is 0 Å². The minimum atomic E-state index is -0.670. The number of imidazole rings is 1. The second kappa shape index (κ2) is 3.91. The lowest BCUT2D eigenvalue weighted by molar-refractivity contribution is -0.135. The number of hydrogen-bond donors (Lipinski definition) is 2. The molecule has 7 nitrogen and oxygen atoms in total. The highest BCUT2D eigenvalue weighted by Gasteiger charge is 2.24. The van der Waals surface area contributed by atoms with E-state index in [0.717, 1.165) is 0 Å². The first-order valence-corrected chi connectivity index (χ1v) is 4.38. The number of carbonyl (C=O) groups excluding carboxylic acids is 2. The van der Waals surface area contributed by atoms with Gasteiger partial charge in [-0.05, 0) is 0 Å². The zero-order valence-electron chi connectivity index (χ0n) is 7.80. The SMILES string of the molecule is O=C1NC(=NCCn2ccnc2)NC1=O. The molecule has 1 fully saturated rings. The number of guanidine groups is 1. The van der Waals surface area contributed by atoms with E-state index >= 15 is 0 Å². The van der Waals surface area contributed by atoms with E-state index in [-0.39, 0.29) is 5.96 Å². The maximum atomic E-state index is 10.8. The fourth-order valence-electron chi connectivity index (χ4n) is 1.14. The normalized spacial score (nSPS) is 15.1. The first-order chi connectivity index (χ1) is 7.25. The van der Waals surface area contributed by atoms with Gasteiger partial charge in [0.25, 0.3) is 0 Å². The van der Waals surface area contributed by atoms with Crippen LogP contribution in [0, 0.1) is 0 Å². The molecule has 0 saturated carbocycles. The minimum absolute atomic E-state index is 0.213. The van der Waals surface area contributed by atoms with Gasteiger partial charge in [0, 0.05) is 18.9 Å². The Bertz CT molecular complexity index is 391. The molecule has 2 heterocycles. The molecule has 2 N–H and O–H groups in total. The molecule has 1 saturated heterocycles. The van der Waals surface area contributed by atoms with E-state index in [1.54, 1.807) is 12.5 Å². The quantitative estimate of drug-likeness (QED) is 0.590. The van der Waals surface area contributed by atoms with Crippen LogP contribution in [0.2, 0.25) is 0 Å². The van der Waals surface area contributed by atoms with Gasteiger partial charge in [0.05, 0.1) is 12.9 Å². The van der Waals surface area contributed by atoms with Gasteiger partial charge in [-0.25, -0.2) is 4.98 Å². The van der Waals surface area contributed by atoms with Crippen molar-refractivity contribution < 1.29 is 9.59 Å². The molecule has 2 rings (SSSR count). The van der Waals surface area contributed by atoms with Crippen molar-refractivity contribution in [1.29, 1.82) is 0 Å². The van der Waals surface area contributed by atoms with E-state index in [1.165, 1.54) is 0 Å². The first-order valence-electron chi connectivity index (χ1n) is 4.38. The molecular formula is C8H9N5O2. The maximum Gasteiger partial charge on any atom is 0.316 e. The van der Waals surface area contributed by atoms with Gasteiger partial charge < -0.3 is 4.57 Å². The fraction of sp³-hybridized carbons (Fsp3) is 0.250. The molecule has 0 bridgehead atoms. The Kier molecular flexibility index (Phi) is 2.44. The van der Waals surface area contributed by atoms with Crippen molar-refractivity contribution >= 4 is 17.8 Å². The third kappa shape index (κ3) is 2.19. The van der Waals surface area contributed by atoms with Gasteiger partial charge >= 0.3 is 11.8 Å². The number of nitrogens with zero attached hydrogens (tertiary/aromatic N) is 3. The summed E-state index contributed by atoms with van der Waals surface area (Å²) in [5, 5.41) is 4.62. The highest BCUT2D eigenvalue weighted by atomic mass is 16.2. The van der Waals surface area contributed by atoms with Crippen LogP contribution in [-0.4, -0.2) is 33.9 Å². The molecule has 1 aliphatic heterocycles. The van der Waals surface area contributed by atoms with E-state index < -0.39 is 11.8 Å². The maximum absolute atomic E-state index is 10.8. The number of aromatic nitrogens is 2. The largest absolute Gasteiger partial charge is 0.336 e. The summed E-state index contributed by atoms with van der Waals surface area (Å²) >= 11 is 0. The Labute approximate surface area is 85.2 Å². The van der Waals surface area contributed by atoms with Crippen molar-refractivity contribution in [3.8, 4) is 0 Å². The highest BCUT2D eigenvalue weighted by Crippen LogP contribution is 1.88. The monoisotopic (exact) mass is 207 g/mol. The van der Waals surface area contributed by atoms with Crippen LogP contribution in [0.5, 0.6) is 0 Å². The molecule has 7 heteroatoms. The van der Waals surface area contributed by atoms with Crippen molar-refractivity contribution in [2.45, 2.75) is 6.54 Å². The standard InChI is InChI=1S/C8H9N5O2/c14-6-7(15)12-8(11-6)10-2-4-13-3-1-9-5-13/h1,3,5H,2,4H2,(H2,10,11,12,14,15). The summed E-state index contributed by atoms with van der Waals surface area (Å²) in [5.74, 6) is -1.13. The van der Waals surface area contributed by atoms with Crippen molar-refractivity contribution in [1.82, 2.24) is 20.2 Å². The van der Waals surface area contributed by atoms with Crippen LogP contribution in [0.4, 0.5) is 0 Å². The lowest BCUT2D eigenvalue weighted by Crippen LogP contribution is -2.26.